The van der Waals surface area contributed by atoms with Crippen LogP contribution in [0.4, 0.5) is 11.8 Å². The van der Waals surface area contributed by atoms with Gasteiger partial charge in [-0.1, -0.05) is 44.2 Å². The number of nitrogens with two attached hydrogens (primary N) is 1. The summed E-state index contributed by atoms with van der Waals surface area (Å²) < 4.78 is 3.76. The lowest BCUT2D eigenvalue weighted by Gasteiger charge is -2.11. The highest BCUT2D eigenvalue weighted by molar-refractivity contribution is 5.84. The van der Waals surface area contributed by atoms with Gasteiger partial charge in [0.05, 0.1) is 0 Å². The average molecular weight is 362 g/mol. The van der Waals surface area contributed by atoms with Gasteiger partial charge >= 0.3 is 0 Å². The summed E-state index contributed by atoms with van der Waals surface area (Å²) in [6.45, 7) is 5.67. The van der Waals surface area contributed by atoms with Crippen LogP contribution in [0.5, 0.6) is 0 Å². The molecule has 0 atom stereocenters. The van der Waals surface area contributed by atoms with Crippen LogP contribution in [0, 0.1) is 5.92 Å². The molecule has 0 fully saturated rings. The molecule has 8 heteroatoms. The summed E-state index contributed by atoms with van der Waals surface area (Å²) in [5.41, 5.74) is 8.64. The second-order valence-corrected chi connectivity index (χ2v) is 6.81. The summed E-state index contributed by atoms with van der Waals surface area (Å²) >= 11 is 0. The van der Waals surface area contributed by atoms with E-state index in [2.05, 4.69) is 34.2 Å². The first kappa shape index (κ1) is 17.0. The summed E-state index contributed by atoms with van der Waals surface area (Å²) in [5, 5.41) is 7.56. The normalized spacial score (nSPS) is 11.4. The van der Waals surface area contributed by atoms with Gasteiger partial charge in [0.15, 0.2) is 17.0 Å². The van der Waals surface area contributed by atoms with Gasteiger partial charge in [-0.25, -0.2) is 9.67 Å². The lowest BCUT2D eigenvalue weighted by atomic mass is 10.2. The van der Waals surface area contributed by atoms with Crippen LogP contribution >= 0.6 is 0 Å². The summed E-state index contributed by atoms with van der Waals surface area (Å²) in [5.74, 6) is 1.94. The molecule has 0 saturated carbocycles. The standard InChI is InChI=1S/C19H22N8/c1-13(2)12-26-17-15(23-19(26)27-10-6-9-22-27)16(20)24-18(25-17)21-11-14-7-4-3-5-8-14/h3-10,13H,11-12H2,1-2H3,(H3,20,21,24,25). The van der Waals surface area contributed by atoms with Crippen molar-refractivity contribution in [2.75, 3.05) is 11.1 Å². The lowest BCUT2D eigenvalue weighted by molar-refractivity contribution is 0.518. The van der Waals surface area contributed by atoms with Crippen LogP contribution < -0.4 is 11.1 Å². The van der Waals surface area contributed by atoms with E-state index < -0.39 is 0 Å². The molecule has 3 heterocycles. The Morgan fingerprint density at radius 2 is 1.89 bits per heavy atom. The van der Waals surface area contributed by atoms with Crippen LogP contribution in [-0.2, 0) is 13.1 Å². The molecule has 4 aromatic rings. The van der Waals surface area contributed by atoms with Gasteiger partial charge in [0.2, 0.25) is 11.9 Å². The Morgan fingerprint density at radius 1 is 1.07 bits per heavy atom. The Bertz CT molecular complexity index is 1030. The van der Waals surface area contributed by atoms with E-state index >= 15 is 0 Å². The molecule has 0 amide bonds. The minimum absolute atomic E-state index is 0.353. The molecule has 3 N–H and O–H groups in total. The van der Waals surface area contributed by atoms with E-state index in [1.807, 2.05) is 47.2 Å². The van der Waals surface area contributed by atoms with E-state index in [1.54, 1.807) is 10.9 Å². The average Bonchev–Trinajstić information content (AvgIpc) is 3.29. The first-order valence-electron chi connectivity index (χ1n) is 8.93. The van der Waals surface area contributed by atoms with Crippen molar-refractivity contribution in [3.05, 3.63) is 54.4 Å². The second kappa shape index (κ2) is 7.06. The van der Waals surface area contributed by atoms with Gasteiger partial charge in [0.1, 0.15) is 0 Å². The van der Waals surface area contributed by atoms with Crippen molar-refractivity contribution in [2.45, 2.75) is 26.9 Å². The number of rotatable bonds is 6. The molecule has 0 aliphatic carbocycles. The number of benzene rings is 1. The molecule has 0 saturated heterocycles. The van der Waals surface area contributed by atoms with Crippen molar-refractivity contribution in [3.63, 3.8) is 0 Å². The first-order valence-corrected chi connectivity index (χ1v) is 8.93. The molecule has 4 rings (SSSR count). The molecule has 0 spiro atoms. The van der Waals surface area contributed by atoms with Gasteiger partial charge in [0, 0.05) is 25.5 Å². The Labute approximate surface area is 157 Å². The molecule has 0 radical (unpaired) electrons. The molecule has 1 aromatic carbocycles. The van der Waals surface area contributed by atoms with Crippen LogP contribution in [0.15, 0.2) is 48.8 Å². The van der Waals surface area contributed by atoms with Gasteiger partial charge in [-0.3, -0.25) is 4.57 Å². The lowest BCUT2D eigenvalue weighted by Crippen LogP contribution is -2.12. The number of anilines is 2. The molecule has 0 aliphatic heterocycles. The predicted molar refractivity (Wildman–Crippen MR) is 105 cm³/mol. The summed E-state index contributed by atoms with van der Waals surface area (Å²) in [6, 6.07) is 12.0. The first-order chi connectivity index (χ1) is 13.1. The number of nitrogens with one attached hydrogen (secondary N) is 1. The number of nitrogens with zero attached hydrogens (tertiary/aromatic N) is 6. The monoisotopic (exact) mass is 362 g/mol. The molecule has 3 aromatic heterocycles. The molecule has 27 heavy (non-hydrogen) atoms. The van der Waals surface area contributed by atoms with E-state index in [1.165, 1.54) is 0 Å². The number of imidazole rings is 1. The van der Waals surface area contributed by atoms with Gasteiger partial charge < -0.3 is 11.1 Å². The highest BCUT2D eigenvalue weighted by Gasteiger charge is 2.19. The minimum Gasteiger partial charge on any atom is -0.382 e. The molecular formula is C19H22N8. The number of hydrogen-bond acceptors (Lipinski definition) is 6. The van der Waals surface area contributed by atoms with E-state index in [0.29, 0.717) is 41.3 Å². The largest absolute Gasteiger partial charge is 0.382 e. The Kier molecular flexibility index (Phi) is 4.45. The van der Waals surface area contributed by atoms with E-state index in [-0.39, 0.29) is 0 Å². The topological polar surface area (TPSA) is 99.5 Å². The molecule has 0 aliphatic rings. The SMILES string of the molecule is CC(C)Cn1c(-n2cccn2)nc2c(N)nc(NCc3ccccc3)nc21. The third kappa shape index (κ3) is 3.46. The van der Waals surface area contributed by atoms with Crippen LogP contribution in [0.3, 0.4) is 0 Å². The zero-order valence-corrected chi connectivity index (χ0v) is 15.4. The summed E-state index contributed by atoms with van der Waals surface area (Å²) in [7, 11) is 0. The third-order valence-electron chi connectivity index (χ3n) is 4.15. The molecular weight excluding hydrogens is 340 g/mol. The maximum absolute atomic E-state index is 6.20. The van der Waals surface area contributed by atoms with Gasteiger partial charge in [-0.2, -0.15) is 15.1 Å². The fourth-order valence-electron chi connectivity index (χ4n) is 2.96. The number of aromatic nitrogens is 6. The van der Waals surface area contributed by atoms with Crippen LogP contribution in [-0.4, -0.2) is 29.3 Å². The fourth-order valence-corrected chi connectivity index (χ4v) is 2.96. The van der Waals surface area contributed by atoms with E-state index in [9.17, 15) is 0 Å². The quantitative estimate of drug-likeness (QED) is 0.547. The van der Waals surface area contributed by atoms with Crippen molar-refractivity contribution in [1.82, 2.24) is 29.3 Å². The van der Waals surface area contributed by atoms with Crippen molar-refractivity contribution < 1.29 is 0 Å². The van der Waals surface area contributed by atoms with E-state index in [0.717, 1.165) is 12.1 Å². The number of nitrogen functional groups attached to an aromatic ring is 1. The van der Waals surface area contributed by atoms with Crippen molar-refractivity contribution in [1.29, 1.82) is 0 Å². The van der Waals surface area contributed by atoms with Crippen molar-refractivity contribution >= 4 is 22.9 Å². The fraction of sp³-hybridized carbons (Fsp3) is 0.263. The summed E-state index contributed by atoms with van der Waals surface area (Å²) in [4.78, 5) is 13.7. The third-order valence-corrected chi connectivity index (χ3v) is 4.15. The molecule has 138 valence electrons. The zero-order valence-electron chi connectivity index (χ0n) is 15.4. The van der Waals surface area contributed by atoms with Gasteiger partial charge in [-0.15, -0.1) is 0 Å². The summed E-state index contributed by atoms with van der Waals surface area (Å²) in [6.07, 6.45) is 3.58. The van der Waals surface area contributed by atoms with Crippen LogP contribution in [0.2, 0.25) is 0 Å². The Balaban J connectivity index is 1.75. The van der Waals surface area contributed by atoms with Crippen LogP contribution in [0.1, 0.15) is 19.4 Å². The maximum Gasteiger partial charge on any atom is 0.233 e. The Hall–Kier alpha value is -3.42. The van der Waals surface area contributed by atoms with Crippen molar-refractivity contribution in [3.8, 4) is 5.95 Å². The molecule has 0 unspecified atom stereocenters. The zero-order chi connectivity index (χ0) is 18.8. The number of fused-ring (bicyclic) bond motifs is 1. The smallest absolute Gasteiger partial charge is 0.233 e. The van der Waals surface area contributed by atoms with Crippen molar-refractivity contribution in [2.24, 2.45) is 5.92 Å². The van der Waals surface area contributed by atoms with Gasteiger partial charge in [-0.05, 0) is 17.5 Å². The highest BCUT2D eigenvalue weighted by Crippen LogP contribution is 2.24. The predicted octanol–water partition coefficient (Wildman–Crippen LogP) is 2.86. The van der Waals surface area contributed by atoms with Crippen LogP contribution in [0.25, 0.3) is 17.1 Å². The second-order valence-electron chi connectivity index (χ2n) is 6.81. The minimum atomic E-state index is 0.353. The Morgan fingerprint density at radius 3 is 2.59 bits per heavy atom. The molecule has 0 bridgehead atoms. The highest BCUT2D eigenvalue weighted by atomic mass is 15.4. The van der Waals surface area contributed by atoms with E-state index in [4.69, 9.17) is 10.7 Å². The number of hydrogen-bond donors (Lipinski definition) is 2. The maximum atomic E-state index is 6.20. The molecule has 8 nitrogen and oxygen atoms in total. The van der Waals surface area contributed by atoms with Gasteiger partial charge in [0.25, 0.3) is 0 Å².